The van der Waals surface area contributed by atoms with Gasteiger partial charge < -0.3 is 5.32 Å². The van der Waals surface area contributed by atoms with Crippen LogP contribution in [0.15, 0.2) is 29.2 Å². The molecule has 0 atom stereocenters. The number of hydrogen-bond acceptors (Lipinski definition) is 3. The largest absolute Gasteiger partial charge is 0.326 e. The second-order valence-corrected chi connectivity index (χ2v) is 6.43. The molecule has 0 heterocycles. The molecule has 0 unspecified atom stereocenters. The summed E-state index contributed by atoms with van der Waals surface area (Å²) in [6.07, 6.45) is 6.47. The van der Waals surface area contributed by atoms with E-state index in [0.717, 1.165) is 0 Å². The van der Waals surface area contributed by atoms with Crippen molar-refractivity contribution in [2.24, 2.45) is 0 Å². The van der Waals surface area contributed by atoms with Crippen molar-refractivity contribution in [2.75, 3.05) is 5.32 Å². The summed E-state index contributed by atoms with van der Waals surface area (Å²) in [7, 11) is -3.70. The van der Waals surface area contributed by atoms with Gasteiger partial charge in [0.05, 0.1) is 10.4 Å². The predicted octanol–water partition coefficient (Wildman–Crippen LogP) is 2.12. The van der Waals surface area contributed by atoms with Crippen LogP contribution in [0.25, 0.3) is 0 Å². The van der Waals surface area contributed by atoms with Gasteiger partial charge >= 0.3 is 0 Å². The van der Waals surface area contributed by atoms with Crippen LogP contribution in [0.1, 0.15) is 33.6 Å². The fourth-order valence-corrected chi connectivity index (χ4v) is 3.34. The third-order valence-electron chi connectivity index (χ3n) is 3.30. The van der Waals surface area contributed by atoms with Crippen LogP contribution in [-0.4, -0.2) is 19.9 Å². The monoisotopic (exact) mass is 308 g/mol. The predicted molar refractivity (Wildman–Crippen MR) is 83.2 cm³/mol. The average Bonchev–Trinajstić information content (AvgIpc) is 2.45. The van der Waals surface area contributed by atoms with Gasteiger partial charge in [-0.3, -0.25) is 4.79 Å². The molecule has 0 fully saturated rings. The number of hydrogen-bond donors (Lipinski definition) is 2. The zero-order valence-electron chi connectivity index (χ0n) is 12.4. The highest BCUT2D eigenvalue weighted by Gasteiger charge is 2.30. The van der Waals surface area contributed by atoms with E-state index in [1.807, 2.05) is 13.8 Å². The first-order valence-electron chi connectivity index (χ1n) is 6.68. The Bertz CT molecular complexity index is 638. The summed E-state index contributed by atoms with van der Waals surface area (Å²) in [5, 5.41) is 2.58. The van der Waals surface area contributed by atoms with Crippen LogP contribution in [-0.2, 0) is 14.8 Å². The molecular weight excluding hydrogens is 288 g/mol. The maximum Gasteiger partial charge on any atom is 0.241 e. The fourth-order valence-electron chi connectivity index (χ4n) is 1.86. The molecule has 114 valence electrons. The van der Waals surface area contributed by atoms with E-state index in [9.17, 15) is 13.2 Å². The third-order valence-corrected chi connectivity index (χ3v) is 4.85. The van der Waals surface area contributed by atoms with E-state index in [1.165, 1.54) is 31.2 Å². The summed E-state index contributed by atoms with van der Waals surface area (Å²) in [6, 6.07) is 5.93. The molecule has 0 saturated carbocycles. The summed E-state index contributed by atoms with van der Waals surface area (Å²) in [5.74, 6) is 2.32. The van der Waals surface area contributed by atoms with E-state index in [1.54, 1.807) is 0 Å². The molecule has 0 spiro atoms. The topological polar surface area (TPSA) is 75.3 Å². The van der Waals surface area contributed by atoms with Crippen molar-refractivity contribution in [1.29, 1.82) is 0 Å². The van der Waals surface area contributed by atoms with Gasteiger partial charge in [-0.25, -0.2) is 8.42 Å². The van der Waals surface area contributed by atoms with Gasteiger partial charge in [0.15, 0.2) is 0 Å². The highest BCUT2D eigenvalue weighted by Crippen LogP contribution is 2.20. The number of carbonyl (C=O) groups is 1. The lowest BCUT2D eigenvalue weighted by atomic mass is 9.96. The van der Waals surface area contributed by atoms with Gasteiger partial charge in [0.25, 0.3) is 0 Å². The molecule has 1 amide bonds. The molecule has 21 heavy (non-hydrogen) atoms. The number of amides is 1. The third kappa shape index (κ3) is 4.31. The highest BCUT2D eigenvalue weighted by atomic mass is 32.2. The molecule has 0 aliphatic rings. The van der Waals surface area contributed by atoms with Crippen molar-refractivity contribution >= 4 is 21.6 Å². The molecule has 0 saturated heterocycles. The Labute approximate surface area is 126 Å². The molecule has 0 aromatic heterocycles. The molecule has 0 bridgehead atoms. The van der Waals surface area contributed by atoms with Gasteiger partial charge in [-0.1, -0.05) is 19.8 Å². The molecule has 0 aliphatic heterocycles. The summed E-state index contributed by atoms with van der Waals surface area (Å²) in [4.78, 5) is 11.0. The van der Waals surface area contributed by atoms with E-state index in [0.29, 0.717) is 18.5 Å². The first-order valence-corrected chi connectivity index (χ1v) is 8.16. The lowest BCUT2D eigenvalue weighted by Crippen LogP contribution is -2.46. The van der Waals surface area contributed by atoms with Gasteiger partial charge in [0.2, 0.25) is 15.9 Å². The van der Waals surface area contributed by atoms with Crippen LogP contribution in [0.2, 0.25) is 0 Å². The molecule has 1 aromatic carbocycles. The zero-order valence-corrected chi connectivity index (χ0v) is 13.3. The molecule has 5 nitrogen and oxygen atoms in total. The minimum absolute atomic E-state index is 0.109. The van der Waals surface area contributed by atoms with Crippen LogP contribution in [0.4, 0.5) is 5.69 Å². The number of nitrogens with one attached hydrogen (secondary N) is 2. The van der Waals surface area contributed by atoms with Crippen LogP contribution in [0, 0.1) is 12.3 Å². The summed E-state index contributed by atoms with van der Waals surface area (Å²) >= 11 is 0. The van der Waals surface area contributed by atoms with E-state index < -0.39 is 15.6 Å². The smallest absolute Gasteiger partial charge is 0.241 e. The standard InChI is InChI=1S/C15H20N2O3S/c1-5-15(6-2,7-3)17-21(19,20)14-10-8-13(9-11-14)16-12(4)18/h1,8-11,17H,6-7H2,2-4H3,(H,16,18). The van der Waals surface area contributed by atoms with Crippen molar-refractivity contribution in [3.8, 4) is 12.3 Å². The maximum absolute atomic E-state index is 12.4. The maximum atomic E-state index is 12.4. The quantitative estimate of drug-likeness (QED) is 0.790. The second-order valence-electron chi connectivity index (χ2n) is 4.74. The van der Waals surface area contributed by atoms with Gasteiger partial charge in [-0.2, -0.15) is 4.72 Å². The minimum Gasteiger partial charge on any atom is -0.326 e. The van der Waals surface area contributed by atoms with Crippen molar-refractivity contribution in [3.63, 3.8) is 0 Å². The Balaban J connectivity index is 3.03. The van der Waals surface area contributed by atoms with Crippen molar-refractivity contribution < 1.29 is 13.2 Å². The molecule has 6 heteroatoms. The lowest BCUT2D eigenvalue weighted by molar-refractivity contribution is -0.114. The first kappa shape index (κ1) is 17.2. The Morgan fingerprint density at radius 2 is 1.76 bits per heavy atom. The normalized spacial score (nSPS) is 11.7. The first-order chi connectivity index (χ1) is 9.78. The molecule has 0 aliphatic carbocycles. The van der Waals surface area contributed by atoms with Crippen molar-refractivity contribution in [1.82, 2.24) is 4.72 Å². The molecule has 1 rings (SSSR count). The second kappa shape index (κ2) is 6.74. The molecule has 2 N–H and O–H groups in total. The molecule has 0 radical (unpaired) electrons. The van der Waals surface area contributed by atoms with Crippen molar-refractivity contribution in [2.45, 2.75) is 44.0 Å². The van der Waals surface area contributed by atoms with E-state index in [2.05, 4.69) is 16.0 Å². The Kier molecular flexibility index (Phi) is 5.53. The number of terminal acetylenes is 1. The number of carbonyl (C=O) groups excluding carboxylic acids is 1. The van der Waals surface area contributed by atoms with Gasteiger partial charge in [0.1, 0.15) is 0 Å². The zero-order chi connectivity index (χ0) is 16.1. The van der Waals surface area contributed by atoms with Crippen LogP contribution < -0.4 is 10.0 Å². The summed E-state index contributed by atoms with van der Waals surface area (Å²) in [6.45, 7) is 5.06. The van der Waals surface area contributed by atoms with E-state index >= 15 is 0 Å². The Hall–Kier alpha value is -1.84. The van der Waals surface area contributed by atoms with Gasteiger partial charge in [-0.15, -0.1) is 6.42 Å². The lowest BCUT2D eigenvalue weighted by Gasteiger charge is -2.26. The molecule has 1 aromatic rings. The Morgan fingerprint density at radius 1 is 1.24 bits per heavy atom. The number of rotatable bonds is 6. The number of benzene rings is 1. The molecular formula is C15H20N2O3S. The Morgan fingerprint density at radius 3 is 2.14 bits per heavy atom. The summed E-state index contributed by atoms with van der Waals surface area (Å²) < 4.78 is 27.3. The van der Waals surface area contributed by atoms with Crippen LogP contribution >= 0.6 is 0 Å². The van der Waals surface area contributed by atoms with Crippen LogP contribution in [0.5, 0.6) is 0 Å². The minimum atomic E-state index is -3.70. The van der Waals surface area contributed by atoms with E-state index in [-0.39, 0.29) is 10.8 Å². The van der Waals surface area contributed by atoms with Crippen LogP contribution in [0.3, 0.4) is 0 Å². The number of sulfonamides is 1. The fraction of sp³-hybridized carbons (Fsp3) is 0.400. The van der Waals surface area contributed by atoms with Gasteiger partial charge in [-0.05, 0) is 37.1 Å². The highest BCUT2D eigenvalue weighted by molar-refractivity contribution is 7.89. The number of anilines is 1. The summed E-state index contributed by atoms with van der Waals surface area (Å²) in [5.41, 5.74) is -0.342. The van der Waals surface area contributed by atoms with E-state index in [4.69, 9.17) is 6.42 Å². The van der Waals surface area contributed by atoms with Gasteiger partial charge in [0, 0.05) is 12.6 Å². The average molecular weight is 308 g/mol. The van der Waals surface area contributed by atoms with Crippen molar-refractivity contribution in [3.05, 3.63) is 24.3 Å². The SMILES string of the molecule is C#CC(CC)(CC)NS(=O)(=O)c1ccc(NC(C)=O)cc1.